The van der Waals surface area contributed by atoms with Crippen LogP contribution >= 0.6 is 0 Å². The van der Waals surface area contributed by atoms with Gasteiger partial charge in [-0.2, -0.15) is 0 Å². The molecule has 0 aliphatic rings. The molecule has 1 rings (SSSR count). The SMILES string of the molecule is COCCC(NC(=O)c1occc1C)C(=O)O. The van der Waals surface area contributed by atoms with Crippen LogP contribution in [0.4, 0.5) is 0 Å². The van der Waals surface area contributed by atoms with Crippen molar-refractivity contribution in [2.24, 2.45) is 0 Å². The van der Waals surface area contributed by atoms with Gasteiger partial charge in [0, 0.05) is 25.7 Å². The average Bonchev–Trinajstić information content (AvgIpc) is 2.70. The Hall–Kier alpha value is -1.82. The van der Waals surface area contributed by atoms with Crippen LogP contribution in [0.15, 0.2) is 16.7 Å². The summed E-state index contributed by atoms with van der Waals surface area (Å²) in [6, 6.07) is 0.659. The number of carbonyl (C=O) groups excluding carboxylic acids is 1. The van der Waals surface area contributed by atoms with Gasteiger partial charge in [-0.3, -0.25) is 4.79 Å². The maximum Gasteiger partial charge on any atom is 0.326 e. The molecule has 1 aromatic heterocycles. The third kappa shape index (κ3) is 3.60. The number of aliphatic carboxylic acids is 1. The minimum Gasteiger partial charge on any atom is -0.480 e. The monoisotopic (exact) mass is 241 g/mol. The van der Waals surface area contributed by atoms with Crippen LogP contribution in [0, 0.1) is 6.92 Å². The summed E-state index contributed by atoms with van der Waals surface area (Å²) in [4.78, 5) is 22.6. The maximum absolute atomic E-state index is 11.7. The number of carbonyl (C=O) groups is 2. The molecule has 0 aromatic carbocycles. The van der Waals surface area contributed by atoms with E-state index in [-0.39, 0.29) is 18.8 Å². The van der Waals surface area contributed by atoms with Crippen LogP contribution < -0.4 is 5.32 Å². The molecule has 94 valence electrons. The Labute approximate surface area is 98.6 Å². The molecule has 1 aromatic rings. The van der Waals surface area contributed by atoms with Crippen molar-refractivity contribution in [2.45, 2.75) is 19.4 Å². The summed E-state index contributed by atoms with van der Waals surface area (Å²) in [7, 11) is 1.47. The lowest BCUT2D eigenvalue weighted by Gasteiger charge is -2.13. The first kappa shape index (κ1) is 13.2. The van der Waals surface area contributed by atoms with Crippen molar-refractivity contribution in [3.8, 4) is 0 Å². The fourth-order valence-corrected chi connectivity index (χ4v) is 1.32. The van der Waals surface area contributed by atoms with Gasteiger partial charge in [0.1, 0.15) is 6.04 Å². The number of hydrogen-bond acceptors (Lipinski definition) is 4. The van der Waals surface area contributed by atoms with Crippen LogP contribution in [0.25, 0.3) is 0 Å². The molecule has 0 saturated heterocycles. The lowest BCUT2D eigenvalue weighted by atomic mass is 10.2. The van der Waals surface area contributed by atoms with E-state index in [4.69, 9.17) is 14.3 Å². The predicted octanol–water partition coefficient (Wildman–Crippen LogP) is 0.808. The van der Waals surface area contributed by atoms with Crippen molar-refractivity contribution in [1.82, 2.24) is 5.32 Å². The third-order valence-electron chi connectivity index (χ3n) is 2.28. The van der Waals surface area contributed by atoms with Crippen LogP contribution in [0.2, 0.25) is 0 Å². The highest BCUT2D eigenvalue weighted by atomic mass is 16.5. The van der Waals surface area contributed by atoms with Crippen molar-refractivity contribution in [2.75, 3.05) is 13.7 Å². The van der Waals surface area contributed by atoms with Crippen molar-refractivity contribution >= 4 is 11.9 Å². The average molecular weight is 241 g/mol. The fourth-order valence-electron chi connectivity index (χ4n) is 1.32. The number of aryl methyl sites for hydroxylation is 1. The molecule has 0 radical (unpaired) electrons. The lowest BCUT2D eigenvalue weighted by molar-refractivity contribution is -0.139. The number of methoxy groups -OCH3 is 1. The normalized spacial score (nSPS) is 12.1. The van der Waals surface area contributed by atoms with Gasteiger partial charge >= 0.3 is 5.97 Å². The fraction of sp³-hybridized carbons (Fsp3) is 0.455. The van der Waals surface area contributed by atoms with Gasteiger partial charge in [0.25, 0.3) is 5.91 Å². The van der Waals surface area contributed by atoms with Gasteiger partial charge in [0.15, 0.2) is 5.76 Å². The van der Waals surface area contributed by atoms with Gasteiger partial charge in [-0.15, -0.1) is 0 Å². The number of amides is 1. The molecule has 1 amide bonds. The standard InChI is InChI=1S/C11H15NO5/c1-7-3-6-17-9(7)10(13)12-8(11(14)15)4-5-16-2/h3,6,8H,4-5H2,1-2H3,(H,12,13)(H,14,15). The molecular formula is C11H15NO5. The highest BCUT2D eigenvalue weighted by molar-refractivity contribution is 5.95. The second-order valence-corrected chi connectivity index (χ2v) is 3.58. The van der Waals surface area contributed by atoms with Crippen LogP contribution in [-0.2, 0) is 9.53 Å². The molecule has 17 heavy (non-hydrogen) atoms. The number of furan rings is 1. The predicted molar refractivity (Wildman–Crippen MR) is 58.8 cm³/mol. The van der Waals surface area contributed by atoms with Gasteiger partial charge in [0.2, 0.25) is 0 Å². The first-order valence-corrected chi connectivity index (χ1v) is 5.13. The lowest BCUT2D eigenvalue weighted by Crippen LogP contribution is -2.41. The number of ether oxygens (including phenoxy) is 1. The summed E-state index contributed by atoms with van der Waals surface area (Å²) in [5.74, 6) is -1.50. The summed E-state index contributed by atoms with van der Waals surface area (Å²) in [5, 5.41) is 11.3. The van der Waals surface area contributed by atoms with Gasteiger partial charge in [-0.25, -0.2) is 4.79 Å². The quantitative estimate of drug-likeness (QED) is 0.769. The molecule has 0 aliphatic heterocycles. The zero-order valence-corrected chi connectivity index (χ0v) is 9.73. The van der Waals surface area contributed by atoms with E-state index in [1.165, 1.54) is 13.4 Å². The summed E-state index contributed by atoms with van der Waals surface area (Å²) in [5.41, 5.74) is 0.665. The topological polar surface area (TPSA) is 88.8 Å². The van der Waals surface area contributed by atoms with E-state index < -0.39 is 17.9 Å². The van der Waals surface area contributed by atoms with Crippen LogP contribution in [-0.4, -0.2) is 36.7 Å². The zero-order valence-electron chi connectivity index (χ0n) is 9.73. The molecule has 0 saturated carbocycles. The summed E-state index contributed by atoms with van der Waals surface area (Å²) >= 11 is 0. The van der Waals surface area contributed by atoms with E-state index in [2.05, 4.69) is 5.32 Å². The van der Waals surface area contributed by atoms with E-state index in [9.17, 15) is 9.59 Å². The van der Waals surface area contributed by atoms with Crippen molar-refractivity contribution in [3.63, 3.8) is 0 Å². The molecule has 0 bridgehead atoms. The van der Waals surface area contributed by atoms with E-state index >= 15 is 0 Å². The summed E-state index contributed by atoms with van der Waals surface area (Å²) < 4.78 is 9.76. The van der Waals surface area contributed by atoms with Gasteiger partial charge in [-0.1, -0.05) is 0 Å². The van der Waals surface area contributed by atoms with E-state index in [1.807, 2.05) is 0 Å². The Balaban J connectivity index is 2.64. The molecule has 6 heteroatoms. The molecular weight excluding hydrogens is 226 g/mol. The van der Waals surface area contributed by atoms with Gasteiger partial charge in [-0.05, 0) is 13.0 Å². The van der Waals surface area contributed by atoms with Crippen LogP contribution in [0.5, 0.6) is 0 Å². The number of carboxylic acids is 1. The van der Waals surface area contributed by atoms with Crippen LogP contribution in [0.1, 0.15) is 22.5 Å². The summed E-state index contributed by atoms with van der Waals surface area (Å²) in [6.07, 6.45) is 1.59. The molecule has 2 N–H and O–H groups in total. The summed E-state index contributed by atoms with van der Waals surface area (Å²) in [6.45, 7) is 1.97. The zero-order chi connectivity index (χ0) is 12.8. The van der Waals surface area contributed by atoms with Gasteiger partial charge in [0.05, 0.1) is 6.26 Å². The first-order chi connectivity index (χ1) is 8.06. The molecule has 0 aliphatic carbocycles. The highest BCUT2D eigenvalue weighted by Gasteiger charge is 2.22. The third-order valence-corrected chi connectivity index (χ3v) is 2.28. The minimum absolute atomic E-state index is 0.133. The minimum atomic E-state index is -1.10. The second kappa shape index (κ2) is 6.05. The Morgan fingerprint density at radius 1 is 1.59 bits per heavy atom. The Bertz CT molecular complexity index is 398. The van der Waals surface area contributed by atoms with Crippen molar-refractivity contribution < 1.29 is 23.8 Å². The van der Waals surface area contributed by atoms with Gasteiger partial charge < -0.3 is 19.6 Å². The molecule has 0 spiro atoms. The van der Waals surface area contributed by atoms with E-state index in [0.29, 0.717) is 5.56 Å². The number of hydrogen-bond donors (Lipinski definition) is 2. The molecule has 0 fully saturated rings. The largest absolute Gasteiger partial charge is 0.480 e. The van der Waals surface area contributed by atoms with Crippen molar-refractivity contribution in [3.05, 3.63) is 23.7 Å². The smallest absolute Gasteiger partial charge is 0.326 e. The molecule has 1 unspecified atom stereocenters. The number of rotatable bonds is 6. The first-order valence-electron chi connectivity index (χ1n) is 5.13. The molecule has 1 heterocycles. The Morgan fingerprint density at radius 2 is 2.29 bits per heavy atom. The maximum atomic E-state index is 11.7. The van der Waals surface area contributed by atoms with Crippen LogP contribution in [0.3, 0.4) is 0 Å². The number of carboxylic acid groups (broad SMARTS) is 1. The number of nitrogens with one attached hydrogen (secondary N) is 1. The van der Waals surface area contributed by atoms with E-state index in [0.717, 1.165) is 0 Å². The molecule has 1 atom stereocenters. The Morgan fingerprint density at radius 3 is 2.76 bits per heavy atom. The van der Waals surface area contributed by atoms with E-state index in [1.54, 1.807) is 13.0 Å². The highest BCUT2D eigenvalue weighted by Crippen LogP contribution is 2.09. The molecule has 6 nitrogen and oxygen atoms in total. The Kier molecular flexibility index (Phi) is 4.71. The second-order valence-electron chi connectivity index (χ2n) is 3.58. The van der Waals surface area contributed by atoms with Crippen molar-refractivity contribution in [1.29, 1.82) is 0 Å².